The summed E-state index contributed by atoms with van der Waals surface area (Å²) in [5, 5.41) is 13.7. The Kier molecular flexibility index (Phi) is 33.8. The van der Waals surface area contributed by atoms with Crippen molar-refractivity contribution in [2.45, 2.75) is 148 Å². The highest BCUT2D eigenvalue weighted by Gasteiger charge is 2.27. The fourth-order valence-corrected chi connectivity index (χ4v) is 5.80. The van der Waals surface area contributed by atoms with E-state index >= 15 is 0 Å². The summed E-state index contributed by atoms with van der Waals surface area (Å²) in [6.07, 6.45) is 47.9. The molecule has 0 aliphatic heterocycles. The number of allylic oxidation sites excluding steroid dienone is 13. The molecule has 0 aromatic rings. The van der Waals surface area contributed by atoms with Crippen molar-refractivity contribution in [3.63, 3.8) is 0 Å². The molecule has 0 rings (SSSR count). The minimum atomic E-state index is -4.36. The first kappa shape index (κ1) is 50.7. The number of aliphatic hydroxyl groups is 1. The maximum atomic E-state index is 12.8. The summed E-state index contributed by atoms with van der Waals surface area (Å²) in [5.41, 5.74) is 0. The van der Waals surface area contributed by atoms with Crippen molar-refractivity contribution < 1.29 is 32.9 Å². The summed E-state index contributed by atoms with van der Waals surface area (Å²) in [6.45, 7) is 4.59. The van der Waals surface area contributed by atoms with Gasteiger partial charge in [0.15, 0.2) is 0 Å². The van der Waals surface area contributed by atoms with Gasteiger partial charge in [0, 0.05) is 6.42 Å². The van der Waals surface area contributed by atoms with Gasteiger partial charge < -0.3 is 19.8 Å². The van der Waals surface area contributed by atoms with Gasteiger partial charge in [-0.3, -0.25) is 13.8 Å². The summed E-state index contributed by atoms with van der Waals surface area (Å²) in [4.78, 5) is 23.0. The number of hydrogen-bond donors (Lipinski definition) is 3. The number of amides is 1. The fourth-order valence-electron chi connectivity index (χ4n) is 5.06. The van der Waals surface area contributed by atoms with Crippen molar-refractivity contribution in [3.8, 4) is 0 Å². The van der Waals surface area contributed by atoms with Crippen molar-refractivity contribution in [2.24, 2.45) is 0 Å². The first-order valence-electron chi connectivity index (χ1n) is 20.5. The summed E-state index contributed by atoms with van der Waals surface area (Å²) in [5.74, 6) is -0.221. The van der Waals surface area contributed by atoms with E-state index in [0.717, 1.165) is 89.9 Å². The Hall–Kier alpha value is -2.32. The van der Waals surface area contributed by atoms with E-state index in [-0.39, 0.29) is 19.1 Å². The molecule has 9 heteroatoms. The van der Waals surface area contributed by atoms with Gasteiger partial charge in [-0.2, -0.15) is 0 Å². The number of likely N-dealkylation sites (N-methyl/N-ethyl adjacent to an activating group) is 1. The molecule has 53 heavy (non-hydrogen) atoms. The van der Waals surface area contributed by atoms with Crippen molar-refractivity contribution in [1.29, 1.82) is 0 Å². The molecular formula is C44H78N2O6P+. The molecule has 0 saturated heterocycles. The van der Waals surface area contributed by atoms with Crippen molar-refractivity contribution in [2.75, 3.05) is 40.9 Å². The maximum absolute atomic E-state index is 12.8. The molecule has 1 amide bonds. The number of quaternary nitrogens is 1. The molecule has 0 aliphatic rings. The number of phosphoric ester groups is 1. The predicted molar refractivity (Wildman–Crippen MR) is 226 cm³/mol. The second-order valence-electron chi connectivity index (χ2n) is 14.6. The van der Waals surface area contributed by atoms with Crippen LogP contribution in [-0.4, -0.2) is 73.4 Å². The SMILES string of the molecule is CC/C=C\C/C=C\C/C=C\C/C=C\CCCCCCC(=O)NC(COP(=O)(O)OCC[N+](C)(C)C)C(O)/C=C/CC/C=C/CC/C=C/CCCCCC. The number of hydrogen-bond acceptors (Lipinski definition) is 5. The van der Waals surface area contributed by atoms with Crippen LogP contribution in [0.2, 0.25) is 0 Å². The summed E-state index contributed by atoms with van der Waals surface area (Å²) >= 11 is 0. The van der Waals surface area contributed by atoms with Gasteiger partial charge in [0.2, 0.25) is 5.91 Å². The second kappa shape index (κ2) is 35.4. The van der Waals surface area contributed by atoms with E-state index in [9.17, 15) is 19.4 Å². The topological polar surface area (TPSA) is 105 Å². The van der Waals surface area contributed by atoms with Crippen molar-refractivity contribution in [1.82, 2.24) is 5.32 Å². The first-order valence-corrected chi connectivity index (χ1v) is 22.0. The highest BCUT2D eigenvalue weighted by atomic mass is 31.2. The molecule has 304 valence electrons. The number of nitrogens with one attached hydrogen (secondary N) is 1. The van der Waals surface area contributed by atoms with E-state index in [1.807, 2.05) is 27.2 Å². The Morgan fingerprint density at radius 1 is 0.660 bits per heavy atom. The van der Waals surface area contributed by atoms with E-state index in [1.54, 1.807) is 6.08 Å². The fraction of sp³-hybridized carbons (Fsp3) is 0.659. The molecule has 0 radical (unpaired) electrons. The highest BCUT2D eigenvalue weighted by Crippen LogP contribution is 2.43. The summed E-state index contributed by atoms with van der Waals surface area (Å²) < 4.78 is 23.5. The van der Waals surface area contributed by atoms with E-state index in [1.165, 1.54) is 25.7 Å². The van der Waals surface area contributed by atoms with Crippen LogP contribution in [0.1, 0.15) is 136 Å². The molecule has 0 aromatic carbocycles. The molecule has 0 bridgehead atoms. The number of rotatable bonds is 35. The monoisotopic (exact) mass is 762 g/mol. The number of carbonyl (C=O) groups is 1. The molecule has 0 aromatic heterocycles. The Bertz CT molecular complexity index is 1140. The third-order valence-electron chi connectivity index (χ3n) is 8.33. The Labute approximate surface area is 325 Å². The van der Waals surface area contributed by atoms with Gasteiger partial charge >= 0.3 is 7.82 Å². The van der Waals surface area contributed by atoms with Gasteiger partial charge in [0.05, 0.1) is 39.9 Å². The molecule has 3 unspecified atom stereocenters. The smallest absolute Gasteiger partial charge is 0.387 e. The zero-order chi connectivity index (χ0) is 39.3. The van der Waals surface area contributed by atoms with Crippen LogP contribution in [0.25, 0.3) is 0 Å². The number of phosphoric acid groups is 1. The highest BCUT2D eigenvalue weighted by molar-refractivity contribution is 7.47. The maximum Gasteiger partial charge on any atom is 0.472 e. The van der Waals surface area contributed by atoms with Crippen LogP contribution in [0.4, 0.5) is 0 Å². The quantitative estimate of drug-likeness (QED) is 0.0257. The van der Waals surface area contributed by atoms with Crippen molar-refractivity contribution in [3.05, 3.63) is 85.1 Å². The summed E-state index contributed by atoms with van der Waals surface area (Å²) in [6, 6.07) is -0.885. The molecule has 8 nitrogen and oxygen atoms in total. The van der Waals surface area contributed by atoms with Gasteiger partial charge in [-0.25, -0.2) is 4.57 Å². The average molecular weight is 762 g/mol. The van der Waals surface area contributed by atoms with E-state index in [2.05, 4.69) is 92.1 Å². The molecule has 0 spiro atoms. The lowest BCUT2D eigenvalue weighted by Crippen LogP contribution is -2.45. The lowest BCUT2D eigenvalue weighted by atomic mass is 10.1. The van der Waals surface area contributed by atoms with Crippen LogP contribution >= 0.6 is 7.82 Å². The van der Waals surface area contributed by atoms with E-state index < -0.39 is 20.0 Å². The van der Waals surface area contributed by atoms with Crippen LogP contribution in [0, 0.1) is 0 Å². The van der Waals surface area contributed by atoms with Gasteiger partial charge in [0.1, 0.15) is 13.2 Å². The van der Waals surface area contributed by atoms with Crippen LogP contribution in [0.3, 0.4) is 0 Å². The minimum Gasteiger partial charge on any atom is -0.387 e. The molecule has 0 fully saturated rings. The van der Waals surface area contributed by atoms with Gasteiger partial charge in [-0.1, -0.05) is 131 Å². The normalized spacial score (nSPS) is 15.4. The molecule has 0 aliphatic carbocycles. The van der Waals surface area contributed by atoms with E-state index in [4.69, 9.17) is 9.05 Å². The van der Waals surface area contributed by atoms with E-state index in [0.29, 0.717) is 17.4 Å². The zero-order valence-corrected chi connectivity index (χ0v) is 35.1. The zero-order valence-electron chi connectivity index (χ0n) is 34.2. The molecular weight excluding hydrogens is 683 g/mol. The Balaban J connectivity index is 4.63. The van der Waals surface area contributed by atoms with Crippen LogP contribution < -0.4 is 5.32 Å². The largest absolute Gasteiger partial charge is 0.472 e. The number of aliphatic hydroxyl groups excluding tert-OH is 1. The number of carbonyl (C=O) groups excluding carboxylic acids is 1. The van der Waals surface area contributed by atoms with Gasteiger partial charge in [-0.05, 0) is 83.5 Å². The lowest BCUT2D eigenvalue weighted by molar-refractivity contribution is -0.870. The van der Waals surface area contributed by atoms with Crippen LogP contribution in [0.15, 0.2) is 85.1 Å². The van der Waals surface area contributed by atoms with Crippen LogP contribution in [0.5, 0.6) is 0 Å². The standard InChI is InChI=1S/C44H77N2O6P/c1-6-8-10-12-14-16-18-20-22-23-24-26-28-30-32-34-36-38-44(48)45-42(41-52-53(49,50)51-40-39-46(3,4)5)43(47)37-35-33-31-29-27-25-21-19-17-15-13-11-9-7-2/h8,10,14,16-17,19-20,22,24,26-27,29,35,37,42-43,47H,6-7,9,11-13,15,18,21,23,25,28,30-34,36,38-41H2,1-5H3,(H-,45,48,49,50)/p+1/b10-8-,16-14-,19-17+,22-20-,26-24-,29-27+,37-35+. The third kappa shape index (κ3) is 37.8. The molecule has 3 N–H and O–H groups in total. The third-order valence-corrected chi connectivity index (χ3v) is 9.31. The molecule has 3 atom stereocenters. The first-order chi connectivity index (χ1) is 25.5. The second-order valence-corrected chi connectivity index (χ2v) is 16.1. The van der Waals surface area contributed by atoms with Crippen molar-refractivity contribution >= 4 is 13.7 Å². The number of unbranched alkanes of at least 4 members (excludes halogenated alkanes) is 10. The minimum absolute atomic E-state index is 0.0435. The average Bonchev–Trinajstić information content (AvgIpc) is 3.10. The Morgan fingerprint density at radius 2 is 1.15 bits per heavy atom. The number of nitrogens with zero attached hydrogens (tertiary/aromatic N) is 1. The molecule has 0 heterocycles. The molecule has 0 saturated carbocycles. The van der Waals surface area contributed by atoms with Gasteiger partial charge in [-0.15, -0.1) is 0 Å². The Morgan fingerprint density at radius 3 is 1.72 bits per heavy atom. The summed E-state index contributed by atoms with van der Waals surface area (Å²) in [7, 11) is 1.51. The van der Waals surface area contributed by atoms with Gasteiger partial charge in [0.25, 0.3) is 0 Å². The lowest BCUT2D eigenvalue weighted by Gasteiger charge is -2.25. The van der Waals surface area contributed by atoms with Crippen LogP contribution in [-0.2, 0) is 18.4 Å². The predicted octanol–water partition coefficient (Wildman–Crippen LogP) is 11.0.